The molecule has 2 rings (SSSR count). The molecule has 1 nitrogen and oxygen atoms in total. The Hall–Kier alpha value is -1.38. The summed E-state index contributed by atoms with van der Waals surface area (Å²) in [6.45, 7) is 4.71. The average molecular weight is 278 g/mol. The summed E-state index contributed by atoms with van der Waals surface area (Å²) in [7, 11) is 0. The van der Waals surface area contributed by atoms with Gasteiger partial charge in [-0.15, -0.1) is 0 Å². The fourth-order valence-electron chi connectivity index (χ4n) is 2.11. The Labute approximate surface area is 118 Å². The van der Waals surface area contributed by atoms with Crippen molar-refractivity contribution in [3.63, 3.8) is 0 Å². The van der Waals surface area contributed by atoms with E-state index in [-0.39, 0.29) is 11.9 Å². The van der Waals surface area contributed by atoms with Crippen molar-refractivity contribution in [2.45, 2.75) is 19.9 Å². The number of nitrogens with one attached hydrogen (secondary N) is 1. The van der Waals surface area contributed by atoms with Crippen LogP contribution >= 0.6 is 11.6 Å². The van der Waals surface area contributed by atoms with Crippen LogP contribution in [0.1, 0.15) is 29.7 Å². The fourth-order valence-corrected chi connectivity index (χ4v) is 2.30. The van der Waals surface area contributed by atoms with E-state index in [0.29, 0.717) is 10.6 Å². The summed E-state index contributed by atoms with van der Waals surface area (Å²) >= 11 is 6.16. The van der Waals surface area contributed by atoms with Crippen molar-refractivity contribution >= 4 is 11.6 Å². The van der Waals surface area contributed by atoms with Crippen molar-refractivity contribution in [1.29, 1.82) is 0 Å². The second-order valence-corrected chi connectivity index (χ2v) is 4.93. The minimum Gasteiger partial charge on any atom is -0.306 e. The fraction of sp³-hybridized carbons (Fsp3) is 0.250. The molecule has 0 amide bonds. The summed E-state index contributed by atoms with van der Waals surface area (Å²) < 4.78 is 14.0. The largest absolute Gasteiger partial charge is 0.306 e. The van der Waals surface area contributed by atoms with Gasteiger partial charge < -0.3 is 5.32 Å². The third-order valence-corrected chi connectivity index (χ3v) is 3.56. The van der Waals surface area contributed by atoms with Gasteiger partial charge in [0.15, 0.2) is 0 Å². The SMILES string of the molecule is CCNC(c1ccc(C)c(Cl)c1)c1ccccc1F. The van der Waals surface area contributed by atoms with Crippen LogP contribution in [0.2, 0.25) is 5.02 Å². The molecule has 0 aliphatic heterocycles. The minimum atomic E-state index is -0.204. The molecule has 1 N–H and O–H groups in total. The lowest BCUT2D eigenvalue weighted by Gasteiger charge is -2.20. The normalized spacial score (nSPS) is 12.4. The number of benzene rings is 2. The van der Waals surface area contributed by atoms with Crippen LogP contribution in [0, 0.1) is 12.7 Å². The molecular weight excluding hydrogens is 261 g/mol. The van der Waals surface area contributed by atoms with E-state index in [2.05, 4.69) is 5.32 Å². The lowest BCUT2D eigenvalue weighted by molar-refractivity contribution is 0.559. The van der Waals surface area contributed by atoms with Crippen LogP contribution in [0.4, 0.5) is 4.39 Å². The highest BCUT2D eigenvalue weighted by molar-refractivity contribution is 6.31. The topological polar surface area (TPSA) is 12.0 Å². The van der Waals surface area contributed by atoms with Crippen LogP contribution < -0.4 is 5.32 Å². The lowest BCUT2D eigenvalue weighted by Crippen LogP contribution is -2.23. The number of hydrogen-bond donors (Lipinski definition) is 1. The summed E-state index contributed by atoms with van der Waals surface area (Å²) in [5.41, 5.74) is 2.64. The Bertz CT molecular complexity index is 568. The Kier molecular flexibility index (Phi) is 4.56. The summed E-state index contributed by atoms with van der Waals surface area (Å²) in [6, 6.07) is 12.5. The van der Waals surface area contributed by atoms with E-state index in [1.165, 1.54) is 6.07 Å². The second kappa shape index (κ2) is 6.18. The van der Waals surface area contributed by atoms with Gasteiger partial charge in [-0.05, 0) is 36.7 Å². The Morgan fingerprint density at radius 1 is 1.21 bits per heavy atom. The van der Waals surface area contributed by atoms with Crippen LogP contribution in [-0.4, -0.2) is 6.54 Å². The van der Waals surface area contributed by atoms with Crippen molar-refractivity contribution in [1.82, 2.24) is 5.32 Å². The maximum atomic E-state index is 14.0. The number of hydrogen-bond acceptors (Lipinski definition) is 1. The molecule has 0 bridgehead atoms. The number of rotatable bonds is 4. The smallest absolute Gasteiger partial charge is 0.128 e. The first-order chi connectivity index (χ1) is 9.13. The van der Waals surface area contributed by atoms with E-state index in [9.17, 15) is 4.39 Å². The molecule has 0 radical (unpaired) electrons. The van der Waals surface area contributed by atoms with Crippen LogP contribution in [0.3, 0.4) is 0 Å². The molecule has 0 aromatic heterocycles. The first-order valence-electron chi connectivity index (χ1n) is 6.37. The van der Waals surface area contributed by atoms with Crippen LogP contribution in [0.15, 0.2) is 42.5 Å². The number of halogens is 2. The molecule has 3 heteroatoms. The summed E-state index contributed by atoms with van der Waals surface area (Å²) in [6.07, 6.45) is 0. The van der Waals surface area contributed by atoms with Crippen molar-refractivity contribution in [2.75, 3.05) is 6.54 Å². The van der Waals surface area contributed by atoms with E-state index >= 15 is 0 Å². The molecule has 19 heavy (non-hydrogen) atoms. The highest BCUT2D eigenvalue weighted by Gasteiger charge is 2.17. The van der Waals surface area contributed by atoms with E-state index in [4.69, 9.17) is 11.6 Å². The molecule has 2 aromatic carbocycles. The van der Waals surface area contributed by atoms with Gasteiger partial charge in [-0.1, -0.05) is 48.9 Å². The first kappa shape index (κ1) is 14.0. The first-order valence-corrected chi connectivity index (χ1v) is 6.75. The van der Waals surface area contributed by atoms with Gasteiger partial charge in [0.05, 0.1) is 6.04 Å². The second-order valence-electron chi connectivity index (χ2n) is 4.52. The Morgan fingerprint density at radius 2 is 1.95 bits per heavy atom. The highest BCUT2D eigenvalue weighted by Crippen LogP contribution is 2.27. The maximum Gasteiger partial charge on any atom is 0.128 e. The van der Waals surface area contributed by atoms with Crippen LogP contribution in [0.5, 0.6) is 0 Å². The summed E-state index contributed by atoms with van der Waals surface area (Å²) in [5, 5.41) is 4.01. The van der Waals surface area contributed by atoms with Gasteiger partial charge >= 0.3 is 0 Å². The van der Waals surface area contributed by atoms with Crippen molar-refractivity contribution < 1.29 is 4.39 Å². The zero-order valence-electron chi connectivity index (χ0n) is 11.1. The van der Waals surface area contributed by atoms with E-state index in [1.54, 1.807) is 12.1 Å². The van der Waals surface area contributed by atoms with E-state index in [1.807, 2.05) is 38.1 Å². The average Bonchev–Trinajstić information content (AvgIpc) is 2.40. The quantitative estimate of drug-likeness (QED) is 0.868. The predicted molar refractivity (Wildman–Crippen MR) is 78.1 cm³/mol. The van der Waals surface area contributed by atoms with Crippen molar-refractivity contribution in [3.05, 3.63) is 70.0 Å². The van der Waals surface area contributed by atoms with Gasteiger partial charge in [-0.3, -0.25) is 0 Å². The maximum absolute atomic E-state index is 14.0. The Morgan fingerprint density at radius 3 is 2.58 bits per heavy atom. The zero-order chi connectivity index (χ0) is 13.8. The Balaban J connectivity index is 2.45. The molecular formula is C16H17ClFN. The molecule has 0 aliphatic carbocycles. The number of aryl methyl sites for hydroxylation is 1. The molecule has 1 unspecified atom stereocenters. The zero-order valence-corrected chi connectivity index (χ0v) is 11.8. The van der Waals surface area contributed by atoms with Gasteiger partial charge in [0.1, 0.15) is 5.82 Å². The van der Waals surface area contributed by atoms with Gasteiger partial charge in [0.25, 0.3) is 0 Å². The molecule has 2 aromatic rings. The predicted octanol–water partition coefficient (Wildman–Crippen LogP) is 4.49. The summed E-state index contributed by atoms with van der Waals surface area (Å²) in [4.78, 5) is 0. The standard InChI is InChI=1S/C16H17ClFN/c1-3-19-16(13-6-4-5-7-15(13)18)12-9-8-11(2)14(17)10-12/h4-10,16,19H,3H2,1-2H3. The minimum absolute atomic E-state index is 0.177. The molecule has 0 heterocycles. The third kappa shape index (κ3) is 3.14. The third-order valence-electron chi connectivity index (χ3n) is 3.15. The molecule has 0 fully saturated rings. The molecule has 0 saturated carbocycles. The van der Waals surface area contributed by atoms with Crippen LogP contribution in [-0.2, 0) is 0 Å². The molecule has 0 spiro atoms. The van der Waals surface area contributed by atoms with Gasteiger partial charge in [0.2, 0.25) is 0 Å². The molecule has 100 valence electrons. The van der Waals surface area contributed by atoms with Crippen molar-refractivity contribution in [2.24, 2.45) is 0 Å². The van der Waals surface area contributed by atoms with Gasteiger partial charge in [-0.2, -0.15) is 0 Å². The highest BCUT2D eigenvalue weighted by atomic mass is 35.5. The summed E-state index contributed by atoms with van der Waals surface area (Å²) in [5.74, 6) is -0.204. The molecule has 0 saturated heterocycles. The molecule has 1 atom stereocenters. The van der Waals surface area contributed by atoms with Gasteiger partial charge in [0, 0.05) is 10.6 Å². The van der Waals surface area contributed by atoms with E-state index < -0.39 is 0 Å². The van der Waals surface area contributed by atoms with Crippen molar-refractivity contribution in [3.8, 4) is 0 Å². The van der Waals surface area contributed by atoms with Crippen LogP contribution in [0.25, 0.3) is 0 Å². The van der Waals surface area contributed by atoms with E-state index in [0.717, 1.165) is 17.7 Å². The monoisotopic (exact) mass is 277 g/mol. The molecule has 0 aliphatic rings. The lowest BCUT2D eigenvalue weighted by atomic mass is 9.97. The van der Waals surface area contributed by atoms with Gasteiger partial charge in [-0.25, -0.2) is 4.39 Å².